The lowest BCUT2D eigenvalue weighted by Crippen LogP contribution is -2.28. The number of aliphatic hydroxyl groups is 1. The fourth-order valence-corrected chi connectivity index (χ4v) is 2.87. The second kappa shape index (κ2) is 5.75. The molecule has 100 valence electrons. The molecule has 0 saturated heterocycles. The minimum Gasteiger partial charge on any atom is -0.494 e. The molecule has 0 amide bonds. The molecule has 0 unspecified atom stereocenters. The van der Waals surface area contributed by atoms with Gasteiger partial charge in [0.25, 0.3) is 0 Å². The van der Waals surface area contributed by atoms with E-state index in [1.54, 1.807) is 0 Å². The number of aryl methyl sites for hydroxylation is 1. The SMILES string of the molecule is CCOc1ccc(C2(O)CCCCC2)cc1CC. The van der Waals surface area contributed by atoms with Gasteiger partial charge in [0.1, 0.15) is 5.75 Å². The molecule has 1 fully saturated rings. The maximum absolute atomic E-state index is 10.7. The predicted octanol–water partition coefficient (Wildman–Crippen LogP) is 3.80. The predicted molar refractivity (Wildman–Crippen MR) is 74.0 cm³/mol. The fraction of sp³-hybridized carbons (Fsp3) is 0.625. The van der Waals surface area contributed by atoms with Gasteiger partial charge in [0.15, 0.2) is 0 Å². The summed E-state index contributed by atoms with van der Waals surface area (Å²) in [5.74, 6) is 0.961. The molecule has 1 aliphatic carbocycles. The van der Waals surface area contributed by atoms with Crippen molar-refractivity contribution >= 4 is 0 Å². The quantitative estimate of drug-likeness (QED) is 0.878. The second-order valence-corrected chi connectivity index (χ2v) is 5.20. The van der Waals surface area contributed by atoms with Crippen LogP contribution in [0.15, 0.2) is 18.2 Å². The van der Waals surface area contributed by atoms with E-state index in [0.29, 0.717) is 6.61 Å². The summed E-state index contributed by atoms with van der Waals surface area (Å²) in [4.78, 5) is 0. The molecule has 1 aromatic carbocycles. The summed E-state index contributed by atoms with van der Waals surface area (Å²) in [6.45, 7) is 4.82. The Morgan fingerprint density at radius 3 is 2.50 bits per heavy atom. The summed E-state index contributed by atoms with van der Waals surface area (Å²) >= 11 is 0. The Bertz CT molecular complexity index is 392. The molecule has 2 heteroatoms. The van der Waals surface area contributed by atoms with Crippen LogP contribution in [0.5, 0.6) is 5.75 Å². The zero-order valence-electron chi connectivity index (χ0n) is 11.5. The van der Waals surface area contributed by atoms with Gasteiger partial charge in [0.05, 0.1) is 12.2 Å². The van der Waals surface area contributed by atoms with E-state index in [4.69, 9.17) is 4.74 Å². The summed E-state index contributed by atoms with van der Waals surface area (Å²) in [6.07, 6.45) is 6.24. The first-order valence-electron chi connectivity index (χ1n) is 7.18. The van der Waals surface area contributed by atoms with E-state index in [-0.39, 0.29) is 0 Å². The van der Waals surface area contributed by atoms with E-state index in [0.717, 1.165) is 43.4 Å². The van der Waals surface area contributed by atoms with E-state index < -0.39 is 5.60 Å². The van der Waals surface area contributed by atoms with Crippen molar-refractivity contribution in [2.45, 2.75) is 58.0 Å². The summed E-state index contributed by atoms with van der Waals surface area (Å²) in [7, 11) is 0. The molecule has 0 aromatic heterocycles. The van der Waals surface area contributed by atoms with Gasteiger partial charge in [-0.15, -0.1) is 0 Å². The monoisotopic (exact) mass is 248 g/mol. The number of benzene rings is 1. The van der Waals surface area contributed by atoms with E-state index in [9.17, 15) is 5.11 Å². The molecule has 0 aliphatic heterocycles. The second-order valence-electron chi connectivity index (χ2n) is 5.20. The average molecular weight is 248 g/mol. The molecular formula is C16H24O2. The van der Waals surface area contributed by atoms with Gasteiger partial charge in [0, 0.05) is 0 Å². The van der Waals surface area contributed by atoms with Crippen molar-refractivity contribution < 1.29 is 9.84 Å². The zero-order valence-corrected chi connectivity index (χ0v) is 11.5. The Morgan fingerprint density at radius 1 is 1.17 bits per heavy atom. The van der Waals surface area contributed by atoms with Crippen molar-refractivity contribution in [3.63, 3.8) is 0 Å². The molecule has 1 aromatic rings. The molecule has 2 nitrogen and oxygen atoms in total. The van der Waals surface area contributed by atoms with Gasteiger partial charge < -0.3 is 9.84 Å². The molecule has 1 aliphatic rings. The first kappa shape index (κ1) is 13.4. The molecule has 1 N–H and O–H groups in total. The average Bonchev–Trinajstić information content (AvgIpc) is 2.40. The smallest absolute Gasteiger partial charge is 0.122 e. The molecule has 0 bridgehead atoms. The van der Waals surface area contributed by atoms with Crippen LogP contribution >= 0.6 is 0 Å². The van der Waals surface area contributed by atoms with Crippen LogP contribution in [-0.4, -0.2) is 11.7 Å². The molecule has 0 atom stereocenters. The Kier molecular flexibility index (Phi) is 4.28. The Balaban J connectivity index is 2.28. The first-order chi connectivity index (χ1) is 8.69. The zero-order chi connectivity index (χ0) is 13.0. The van der Waals surface area contributed by atoms with Gasteiger partial charge >= 0.3 is 0 Å². The molecule has 18 heavy (non-hydrogen) atoms. The maximum Gasteiger partial charge on any atom is 0.122 e. The minimum absolute atomic E-state index is 0.604. The standard InChI is InChI=1S/C16H24O2/c1-3-13-12-14(8-9-15(13)18-4-2)16(17)10-6-5-7-11-16/h8-9,12,17H,3-7,10-11H2,1-2H3. The number of rotatable bonds is 4. The van der Waals surface area contributed by atoms with Crippen molar-refractivity contribution in [2.24, 2.45) is 0 Å². The van der Waals surface area contributed by atoms with Crippen LogP contribution in [0.2, 0.25) is 0 Å². The maximum atomic E-state index is 10.7. The van der Waals surface area contributed by atoms with Crippen molar-refractivity contribution in [1.82, 2.24) is 0 Å². The highest BCUT2D eigenvalue weighted by molar-refractivity contribution is 5.39. The van der Waals surface area contributed by atoms with Crippen LogP contribution in [0.4, 0.5) is 0 Å². The van der Waals surface area contributed by atoms with Gasteiger partial charge in [-0.1, -0.05) is 32.3 Å². The third-order valence-corrected chi connectivity index (χ3v) is 3.96. The summed E-state index contributed by atoms with van der Waals surface area (Å²) < 4.78 is 5.62. The fourth-order valence-electron chi connectivity index (χ4n) is 2.87. The Labute approximate surface area is 110 Å². The van der Waals surface area contributed by atoms with Gasteiger partial charge in [-0.3, -0.25) is 0 Å². The van der Waals surface area contributed by atoms with Crippen LogP contribution < -0.4 is 4.74 Å². The van der Waals surface area contributed by atoms with E-state index in [1.165, 1.54) is 12.0 Å². The number of hydrogen-bond acceptors (Lipinski definition) is 2. The van der Waals surface area contributed by atoms with Crippen LogP contribution in [-0.2, 0) is 12.0 Å². The van der Waals surface area contributed by atoms with Crippen LogP contribution in [0, 0.1) is 0 Å². The van der Waals surface area contributed by atoms with Crippen molar-refractivity contribution in [3.8, 4) is 5.75 Å². The van der Waals surface area contributed by atoms with E-state index in [2.05, 4.69) is 13.0 Å². The lowest BCUT2D eigenvalue weighted by Gasteiger charge is -2.33. The lowest BCUT2D eigenvalue weighted by molar-refractivity contribution is -0.000725. The van der Waals surface area contributed by atoms with E-state index in [1.807, 2.05) is 19.1 Å². The van der Waals surface area contributed by atoms with Gasteiger partial charge in [-0.05, 0) is 49.4 Å². The Morgan fingerprint density at radius 2 is 1.89 bits per heavy atom. The van der Waals surface area contributed by atoms with Gasteiger partial charge in [-0.2, -0.15) is 0 Å². The Hall–Kier alpha value is -1.02. The first-order valence-corrected chi connectivity index (χ1v) is 7.18. The van der Waals surface area contributed by atoms with Crippen LogP contribution in [0.1, 0.15) is 57.1 Å². The molecule has 1 saturated carbocycles. The molecule has 0 spiro atoms. The molecule has 2 rings (SSSR count). The largest absolute Gasteiger partial charge is 0.494 e. The highest BCUT2D eigenvalue weighted by Crippen LogP contribution is 2.38. The third-order valence-electron chi connectivity index (χ3n) is 3.96. The normalized spacial score (nSPS) is 18.6. The number of ether oxygens (including phenoxy) is 1. The third kappa shape index (κ3) is 2.69. The highest BCUT2D eigenvalue weighted by Gasteiger charge is 2.31. The van der Waals surface area contributed by atoms with E-state index >= 15 is 0 Å². The molecule has 0 radical (unpaired) electrons. The molecule has 0 heterocycles. The van der Waals surface area contributed by atoms with Gasteiger partial charge in [-0.25, -0.2) is 0 Å². The summed E-state index contributed by atoms with van der Waals surface area (Å²) in [5.41, 5.74) is 1.67. The molecular weight excluding hydrogens is 224 g/mol. The lowest BCUT2D eigenvalue weighted by atomic mass is 9.79. The minimum atomic E-state index is -0.604. The highest BCUT2D eigenvalue weighted by atomic mass is 16.5. The topological polar surface area (TPSA) is 29.5 Å². The van der Waals surface area contributed by atoms with Gasteiger partial charge in [0.2, 0.25) is 0 Å². The summed E-state index contributed by atoms with van der Waals surface area (Å²) in [6, 6.07) is 6.19. The van der Waals surface area contributed by atoms with Crippen molar-refractivity contribution in [3.05, 3.63) is 29.3 Å². The number of hydrogen-bond donors (Lipinski definition) is 1. The van der Waals surface area contributed by atoms with Crippen LogP contribution in [0.3, 0.4) is 0 Å². The van der Waals surface area contributed by atoms with Crippen molar-refractivity contribution in [2.75, 3.05) is 6.61 Å². The summed E-state index contributed by atoms with van der Waals surface area (Å²) in [5, 5.41) is 10.7. The van der Waals surface area contributed by atoms with Crippen molar-refractivity contribution in [1.29, 1.82) is 0 Å². The van der Waals surface area contributed by atoms with Crippen LogP contribution in [0.25, 0.3) is 0 Å².